The third-order valence-electron chi connectivity index (χ3n) is 13.8. The Hall–Kier alpha value is -7.80. The fourth-order valence-electron chi connectivity index (χ4n) is 10.8. The lowest BCUT2D eigenvalue weighted by atomic mass is 9.70. The zero-order valence-corrected chi connectivity index (χ0v) is 35.2. The van der Waals surface area contributed by atoms with Crippen LogP contribution in [0.4, 0.5) is 0 Å². The Morgan fingerprint density at radius 1 is 0.286 bits per heavy atom. The summed E-state index contributed by atoms with van der Waals surface area (Å²) in [6.45, 7) is 2.36. The average Bonchev–Trinajstić information content (AvgIpc) is 3.65. The van der Waals surface area contributed by atoms with Gasteiger partial charge in [-0.15, -0.1) is 0 Å². The van der Waals surface area contributed by atoms with Gasteiger partial charge in [-0.25, -0.2) is 0 Å². The first kappa shape index (κ1) is 37.0. The second-order valence-corrected chi connectivity index (χ2v) is 17.1. The van der Waals surface area contributed by atoms with Crippen molar-refractivity contribution in [2.45, 2.75) is 18.8 Å². The third kappa shape index (κ3) is 5.98. The van der Waals surface area contributed by atoms with Crippen molar-refractivity contribution >= 4 is 32.3 Å². The second-order valence-electron chi connectivity index (χ2n) is 17.1. The molecule has 1 unspecified atom stereocenters. The molecule has 12 rings (SSSR count). The van der Waals surface area contributed by atoms with Crippen LogP contribution < -0.4 is 0 Å². The van der Waals surface area contributed by atoms with E-state index in [0.717, 1.165) is 6.42 Å². The molecule has 0 fully saturated rings. The van der Waals surface area contributed by atoms with Gasteiger partial charge in [-0.05, 0) is 153 Å². The van der Waals surface area contributed by atoms with Crippen LogP contribution in [0, 0.1) is 0 Å². The molecule has 0 bridgehead atoms. The largest absolute Gasteiger partial charge is 0.0639 e. The molecule has 0 saturated carbocycles. The van der Waals surface area contributed by atoms with Gasteiger partial charge in [0.2, 0.25) is 0 Å². The molecule has 0 saturated heterocycles. The summed E-state index contributed by atoms with van der Waals surface area (Å²) in [5, 5.41) is 7.61. The maximum Gasteiger partial charge on any atom is 0.0461 e. The van der Waals surface area contributed by atoms with Gasteiger partial charge in [0.15, 0.2) is 0 Å². The van der Waals surface area contributed by atoms with Crippen molar-refractivity contribution in [1.82, 2.24) is 0 Å². The quantitative estimate of drug-likeness (QED) is 0.141. The minimum absolute atomic E-state index is 0.276. The number of hydrogen-bond donors (Lipinski definition) is 0. The molecule has 11 aromatic rings. The van der Waals surface area contributed by atoms with Crippen molar-refractivity contribution in [1.29, 1.82) is 0 Å². The van der Waals surface area contributed by atoms with Gasteiger partial charge in [0.05, 0.1) is 0 Å². The molecule has 0 nitrogen and oxygen atoms in total. The zero-order chi connectivity index (χ0) is 41.9. The Kier molecular flexibility index (Phi) is 8.80. The van der Waals surface area contributed by atoms with E-state index < -0.39 is 0 Å². The van der Waals surface area contributed by atoms with Gasteiger partial charge in [0.1, 0.15) is 0 Å². The van der Waals surface area contributed by atoms with E-state index in [1.165, 1.54) is 116 Å². The topological polar surface area (TPSA) is 0 Å². The van der Waals surface area contributed by atoms with E-state index in [4.69, 9.17) is 0 Å². The van der Waals surface area contributed by atoms with Crippen LogP contribution in [0.15, 0.2) is 237 Å². The van der Waals surface area contributed by atoms with Gasteiger partial charge in [0, 0.05) is 5.41 Å². The maximum absolute atomic E-state index is 2.53. The van der Waals surface area contributed by atoms with Crippen LogP contribution in [0.3, 0.4) is 0 Å². The van der Waals surface area contributed by atoms with Crippen molar-refractivity contribution in [2.75, 3.05) is 0 Å². The highest BCUT2D eigenvalue weighted by molar-refractivity contribution is 6.21. The van der Waals surface area contributed by atoms with Gasteiger partial charge in [0.25, 0.3) is 0 Å². The van der Waals surface area contributed by atoms with E-state index >= 15 is 0 Å². The molecule has 0 radical (unpaired) electrons. The van der Waals surface area contributed by atoms with Crippen molar-refractivity contribution in [2.24, 2.45) is 0 Å². The fraction of sp³-hybridized carbons (Fsp3) is 0.0476. The summed E-state index contributed by atoms with van der Waals surface area (Å²) in [6, 6.07) is 88.0. The second kappa shape index (κ2) is 15.0. The van der Waals surface area contributed by atoms with E-state index in [0.29, 0.717) is 0 Å². The summed E-state index contributed by atoms with van der Waals surface area (Å²) in [5.74, 6) is 0. The first-order chi connectivity index (χ1) is 31.2. The number of fused-ring (bicyclic) bond motifs is 6. The van der Waals surface area contributed by atoms with E-state index in [9.17, 15) is 0 Å². The molecular formula is C63H44. The molecule has 11 aromatic carbocycles. The van der Waals surface area contributed by atoms with Crippen molar-refractivity contribution in [3.63, 3.8) is 0 Å². The first-order valence-electron chi connectivity index (χ1n) is 22.2. The lowest BCUT2D eigenvalue weighted by molar-refractivity contribution is 0.610. The number of benzene rings is 11. The molecule has 0 N–H and O–H groups in total. The Bertz CT molecular complexity index is 3410. The zero-order valence-electron chi connectivity index (χ0n) is 35.2. The predicted octanol–water partition coefficient (Wildman–Crippen LogP) is 17.2. The minimum atomic E-state index is -0.276. The third-order valence-corrected chi connectivity index (χ3v) is 13.8. The van der Waals surface area contributed by atoms with Crippen LogP contribution in [0.5, 0.6) is 0 Å². The van der Waals surface area contributed by atoms with Crippen LogP contribution >= 0.6 is 0 Å². The summed E-state index contributed by atoms with van der Waals surface area (Å²) >= 11 is 0. The molecule has 63 heavy (non-hydrogen) atoms. The predicted molar refractivity (Wildman–Crippen MR) is 268 cm³/mol. The van der Waals surface area contributed by atoms with Crippen molar-refractivity contribution < 1.29 is 0 Å². The lowest BCUT2D eigenvalue weighted by Gasteiger charge is -2.32. The summed E-state index contributed by atoms with van der Waals surface area (Å²) in [6.07, 6.45) is 0.958. The molecule has 1 atom stereocenters. The normalized spacial score (nSPS) is 14.2. The van der Waals surface area contributed by atoms with E-state index in [2.05, 4.69) is 244 Å². The van der Waals surface area contributed by atoms with Crippen LogP contribution in [0.2, 0.25) is 0 Å². The average molecular weight is 801 g/mol. The fourth-order valence-corrected chi connectivity index (χ4v) is 10.8. The number of hydrogen-bond acceptors (Lipinski definition) is 0. The molecule has 0 spiro atoms. The molecular weight excluding hydrogens is 757 g/mol. The molecule has 0 heterocycles. The monoisotopic (exact) mass is 800 g/mol. The number of rotatable bonds is 7. The van der Waals surface area contributed by atoms with Gasteiger partial charge in [-0.1, -0.05) is 213 Å². The van der Waals surface area contributed by atoms with Crippen LogP contribution in [-0.4, -0.2) is 0 Å². The summed E-state index contributed by atoms with van der Waals surface area (Å²) < 4.78 is 0. The van der Waals surface area contributed by atoms with Gasteiger partial charge in [-0.3, -0.25) is 0 Å². The van der Waals surface area contributed by atoms with Crippen molar-refractivity contribution in [3.8, 4) is 66.8 Å². The summed E-state index contributed by atoms with van der Waals surface area (Å²) in [4.78, 5) is 0. The molecule has 296 valence electrons. The maximum atomic E-state index is 2.53. The first-order valence-corrected chi connectivity index (χ1v) is 22.2. The van der Waals surface area contributed by atoms with E-state index in [-0.39, 0.29) is 5.41 Å². The molecule has 0 heteroatoms. The van der Waals surface area contributed by atoms with Crippen LogP contribution in [-0.2, 0) is 5.41 Å². The van der Waals surface area contributed by atoms with Crippen LogP contribution in [0.1, 0.15) is 30.0 Å². The van der Waals surface area contributed by atoms with E-state index in [1.54, 1.807) is 0 Å². The Labute approximate surface area is 369 Å². The standard InChI is InChI=1S/C63H44/c1-2-63(52-35-33-44-21-9-10-22-47(44)40-52)59-28-16-15-23-53(59)54-36-34-48(41-60(54)63)62-57-26-13-11-24-55(57)61(56-25-12-14-27-58(56)62)46-31-29-45(30-32-46)51-38-49(42-17-5-3-6-18-42)37-50(39-51)43-19-7-4-8-20-43/h3-41H,2H2,1H3. The van der Waals surface area contributed by atoms with Crippen molar-refractivity contribution in [3.05, 3.63) is 253 Å². The minimum Gasteiger partial charge on any atom is -0.0639 e. The molecule has 1 aliphatic rings. The smallest absolute Gasteiger partial charge is 0.0461 e. The van der Waals surface area contributed by atoms with Crippen LogP contribution in [0.25, 0.3) is 99.1 Å². The molecule has 1 aliphatic carbocycles. The van der Waals surface area contributed by atoms with Gasteiger partial charge < -0.3 is 0 Å². The summed E-state index contributed by atoms with van der Waals surface area (Å²) in [7, 11) is 0. The van der Waals surface area contributed by atoms with Gasteiger partial charge in [-0.2, -0.15) is 0 Å². The highest BCUT2D eigenvalue weighted by Gasteiger charge is 2.43. The highest BCUT2D eigenvalue weighted by atomic mass is 14.5. The Morgan fingerprint density at radius 2 is 0.730 bits per heavy atom. The molecule has 0 aromatic heterocycles. The SMILES string of the molecule is CCC1(c2ccc3ccccc3c2)c2ccccc2-c2ccc(-c3c4ccccc4c(-c4ccc(-c5cc(-c6ccccc6)cc(-c6ccccc6)c5)cc4)c4ccccc34)cc21. The molecule has 0 amide bonds. The highest BCUT2D eigenvalue weighted by Crippen LogP contribution is 2.56. The lowest BCUT2D eigenvalue weighted by Crippen LogP contribution is -2.26. The summed E-state index contributed by atoms with van der Waals surface area (Å²) in [5.41, 5.74) is 18.8. The Morgan fingerprint density at radius 3 is 1.32 bits per heavy atom. The van der Waals surface area contributed by atoms with E-state index in [1.807, 2.05) is 0 Å². The Balaban J connectivity index is 1.02. The van der Waals surface area contributed by atoms with Gasteiger partial charge >= 0.3 is 0 Å². The molecule has 0 aliphatic heterocycles.